The average Bonchev–Trinajstić information content (AvgIpc) is 2.95. The molecule has 0 radical (unpaired) electrons. The molecule has 2 amide bonds. The average molecular weight is 590 g/mol. The molecule has 2 aromatic carbocycles. The number of nitrogens with two attached hydrogens (primary N) is 1. The van der Waals surface area contributed by atoms with Gasteiger partial charge in [0.1, 0.15) is 5.75 Å². The van der Waals surface area contributed by atoms with Crippen molar-refractivity contribution in [2.24, 2.45) is 29.4 Å². The number of rotatable bonds is 7. The molecule has 0 aromatic heterocycles. The Bertz CT molecular complexity index is 1570. The van der Waals surface area contributed by atoms with E-state index in [2.05, 4.69) is 5.32 Å². The smallest absolute Gasteiger partial charge is 0.251 e. The molecule has 0 aliphatic heterocycles. The van der Waals surface area contributed by atoms with E-state index in [1.165, 1.54) is 25.1 Å². The number of aliphatic hydroxyl groups is 1. The van der Waals surface area contributed by atoms with Gasteiger partial charge < -0.3 is 21.3 Å². The van der Waals surface area contributed by atoms with Crippen molar-refractivity contribution in [1.82, 2.24) is 10.2 Å². The molecule has 11 nitrogen and oxygen atoms in total. The number of carbonyl (C=O) groups is 6. The number of hydrogen-bond donors (Lipinski definition) is 4. The van der Waals surface area contributed by atoms with Crippen LogP contribution in [0.2, 0.25) is 0 Å². The maximum Gasteiger partial charge on any atom is 0.251 e. The summed E-state index contributed by atoms with van der Waals surface area (Å²) in [7, 11) is 3.08. The fraction of sp³-hybridized carbons (Fsp3) is 0.438. The van der Waals surface area contributed by atoms with Crippen LogP contribution in [-0.2, 0) is 25.6 Å². The summed E-state index contributed by atoms with van der Waals surface area (Å²) in [6.07, 6.45) is 1.85. The molecule has 11 heteroatoms. The van der Waals surface area contributed by atoms with Gasteiger partial charge in [-0.2, -0.15) is 0 Å². The first-order valence-electron chi connectivity index (χ1n) is 14.4. The van der Waals surface area contributed by atoms with Gasteiger partial charge >= 0.3 is 0 Å². The molecule has 3 aliphatic rings. The number of aromatic hydroxyl groups is 1. The lowest BCUT2D eigenvalue weighted by molar-refractivity contribution is -0.181. The number of phenolic OH excluding ortho intramolecular Hbond substituents is 1. The van der Waals surface area contributed by atoms with Crippen LogP contribution >= 0.6 is 0 Å². The standard InChI is InChI=1S/C32H35N3O8/c1-4-5-11-34-31(42)16-8-6-7-15(12-16)18-9-10-21(36)23-19(18)13-17-14-20-25(35(2)3)27(38)24(30(33)41)29(40)32(20,43)28(39)22(17)26(23)37/h6-10,12,17,20,22,24-25,36,43H,4-5,11,13-14H2,1-3H3,(H2,33,41)(H,34,42)/t17-,20-,22?,24?,25-,32-/m0/s1. The monoisotopic (exact) mass is 589 g/mol. The largest absolute Gasteiger partial charge is 0.507 e. The third-order valence-corrected chi connectivity index (χ3v) is 9.20. The minimum absolute atomic E-state index is 0.0428. The van der Waals surface area contributed by atoms with Crippen molar-refractivity contribution >= 4 is 34.9 Å². The van der Waals surface area contributed by atoms with Gasteiger partial charge in [0.05, 0.1) is 17.5 Å². The molecule has 2 aromatic rings. The van der Waals surface area contributed by atoms with Gasteiger partial charge in [0.25, 0.3) is 5.91 Å². The van der Waals surface area contributed by atoms with E-state index in [1.807, 2.05) is 6.92 Å². The first-order chi connectivity index (χ1) is 20.3. The van der Waals surface area contributed by atoms with E-state index in [1.54, 1.807) is 30.3 Å². The normalized spacial score (nSPS) is 28.3. The molecule has 43 heavy (non-hydrogen) atoms. The number of unbranched alkanes of at least 4 members (excludes halogenated alkanes) is 1. The SMILES string of the molecule is CCCCNC(=O)c1cccc(-c2ccc(O)c3c2C[C@H]2C[C@H]4[C@H](N(C)C)C(=O)C(C(N)=O)C(=O)[C@@]4(O)C(=O)C2C3=O)c1. The Morgan fingerprint density at radius 1 is 1.09 bits per heavy atom. The molecule has 2 unspecified atom stereocenters. The van der Waals surface area contributed by atoms with E-state index in [-0.39, 0.29) is 30.1 Å². The molecule has 226 valence electrons. The first-order valence-corrected chi connectivity index (χ1v) is 14.4. The maximum atomic E-state index is 14.0. The molecule has 2 fully saturated rings. The summed E-state index contributed by atoms with van der Waals surface area (Å²) in [5.41, 5.74) is 4.60. The molecule has 6 atom stereocenters. The lowest BCUT2D eigenvalue weighted by Gasteiger charge is -2.52. The van der Waals surface area contributed by atoms with Crippen LogP contribution in [0.4, 0.5) is 0 Å². The Balaban J connectivity index is 1.58. The second kappa shape index (κ2) is 11.1. The number of phenols is 1. The zero-order valence-corrected chi connectivity index (χ0v) is 24.3. The van der Waals surface area contributed by atoms with Crippen LogP contribution in [0.15, 0.2) is 36.4 Å². The Hall–Kier alpha value is -4.22. The van der Waals surface area contributed by atoms with E-state index in [0.717, 1.165) is 12.8 Å². The molecule has 5 rings (SSSR count). The summed E-state index contributed by atoms with van der Waals surface area (Å²) in [6, 6.07) is 8.68. The van der Waals surface area contributed by atoms with Crippen LogP contribution in [-0.4, -0.2) is 82.3 Å². The zero-order valence-electron chi connectivity index (χ0n) is 24.3. The van der Waals surface area contributed by atoms with Crippen LogP contribution in [0, 0.1) is 23.7 Å². The van der Waals surface area contributed by atoms with Crippen molar-refractivity contribution in [3.05, 3.63) is 53.1 Å². The van der Waals surface area contributed by atoms with Crippen LogP contribution in [0.5, 0.6) is 5.75 Å². The lowest BCUT2D eigenvalue weighted by atomic mass is 9.52. The van der Waals surface area contributed by atoms with Crippen molar-refractivity contribution in [1.29, 1.82) is 0 Å². The number of nitrogens with one attached hydrogen (secondary N) is 1. The summed E-state index contributed by atoms with van der Waals surface area (Å²) < 4.78 is 0. The number of likely N-dealkylation sites (N-methyl/N-ethyl adjacent to an activating group) is 1. The Kier molecular flexibility index (Phi) is 7.82. The number of primary amides is 1. The van der Waals surface area contributed by atoms with Crippen LogP contribution in [0.25, 0.3) is 11.1 Å². The summed E-state index contributed by atoms with van der Waals surface area (Å²) in [4.78, 5) is 81.0. The second-order valence-corrected chi connectivity index (χ2v) is 12.0. The maximum absolute atomic E-state index is 14.0. The van der Waals surface area contributed by atoms with Gasteiger partial charge in [-0.05, 0) is 74.2 Å². The number of amides is 2. The second-order valence-electron chi connectivity index (χ2n) is 12.0. The third kappa shape index (κ3) is 4.67. The molecule has 3 aliphatic carbocycles. The van der Waals surface area contributed by atoms with Crippen LogP contribution in [0.3, 0.4) is 0 Å². The van der Waals surface area contributed by atoms with Gasteiger partial charge in [-0.1, -0.05) is 31.5 Å². The Morgan fingerprint density at radius 2 is 1.81 bits per heavy atom. The van der Waals surface area contributed by atoms with E-state index >= 15 is 0 Å². The number of carbonyl (C=O) groups excluding carboxylic acids is 6. The van der Waals surface area contributed by atoms with E-state index in [4.69, 9.17) is 5.73 Å². The van der Waals surface area contributed by atoms with Gasteiger partial charge in [-0.25, -0.2) is 0 Å². The molecular weight excluding hydrogens is 554 g/mol. The molecule has 0 saturated heterocycles. The van der Waals surface area contributed by atoms with Crippen molar-refractivity contribution in [2.75, 3.05) is 20.6 Å². The third-order valence-electron chi connectivity index (χ3n) is 9.20. The van der Waals surface area contributed by atoms with E-state index in [0.29, 0.717) is 28.8 Å². The minimum atomic E-state index is -2.77. The number of Topliss-reactive ketones (excluding diaryl/α,β-unsaturated/α-hetero) is 4. The van der Waals surface area contributed by atoms with Crippen LogP contribution in [0.1, 0.15) is 52.5 Å². The molecule has 0 bridgehead atoms. The van der Waals surface area contributed by atoms with Gasteiger partial charge in [0.2, 0.25) is 5.91 Å². The van der Waals surface area contributed by atoms with Gasteiger partial charge in [0, 0.05) is 18.0 Å². The van der Waals surface area contributed by atoms with Gasteiger partial charge in [0.15, 0.2) is 34.7 Å². The zero-order chi connectivity index (χ0) is 31.4. The highest BCUT2D eigenvalue weighted by atomic mass is 16.3. The highest BCUT2D eigenvalue weighted by Crippen LogP contribution is 2.51. The molecule has 0 spiro atoms. The van der Waals surface area contributed by atoms with E-state index in [9.17, 15) is 39.0 Å². The number of hydrogen-bond acceptors (Lipinski definition) is 9. The number of nitrogens with zero attached hydrogens (tertiary/aromatic N) is 1. The quantitative estimate of drug-likeness (QED) is 0.271. The topological polar surface area (TPSA) is 184 Å². The van der Waals surface area contributed by atoms with Crippen LogP contribution < -0.4 is 11.1 Å². The number of benzene rings is 2. The van der Waals surface area contributed by atoms with Crippen molar-refractivity contribution in [2.45, 2.75) is 44.2 Å². The predicted molar refractivity (Wildman–Crippen MR) is 154 cm³/mol. The molecule has 2 saturated carbocycles. The minimum Gasteiger partial charge on any atom is -0.507 e. The summed E-state index contributed by atoms with van der Waals surface area (Å²) in [6.45, 7) is 2.56. The molecule has 5 N–H and O–H groups in total. The van der Waals surface area contributed by atoms with Crippen molar-refractivity contribution < 1.29 is 39.0 Å². The Morgan fingerprint density at radius 3 is 2.47 bits per heavy atom. The molecular formula is C32H35N3O8. The summed E-state index contributed by atoms with van der Waals surface area (Å²) in [5, 5.41) is 25.4. The van der Waals surface area contributed by atoms with Gasteiger partial charge in [-0.3, -0.25) is 33.7 Å². The van der Waals surface area contributed by atoms with Gasteiger partial charge in [-0.15, -0.1) is 0 Å². The fourth-order valence-corrected chi connectivity index (χ4v) is 7.18. The predicted octanol–water partition coefficient (Wildman–Crippen LogP) is 1.06. The lowest BCUT2D eigenvalue weighted by Crippen LogP contribution is -2.74. The highest BCUT2D eigenvalue weighted by Gasteiger charge is 2.69. The summed E-state index contributed by atoms with van der Waals surface area (Å²) >= 11 is 0. The molecule has 0 heterocycles. The highest BCUT2D eigenvalue weighted by molar-refractivity contribution is 6.32. The van der Waals surface area contributed by atoms with E-state index < -0.39 is 64.4 Å². The van der Waals surface area contributed by atoms with Crippen molar-refractivity contribution in [3.63, 3.8) is 0 Å². The first kappa shape index (κ1) is 30.2. The number of ketones is 4. The van der Waals surface area contributed by atoms with Crippen molar-refractivity contribution in [3.8, 4) is 16.9 Å². The fourth-order valence-electron chi connectivity index (χ4n) is 7.18. The Labute approximate surface area is 248 Å². The summed E-state index contributed by atoms with van der Waals surface area (Å²) in [5.74, 6) is -11.2. The number of fused-ring (bicyclic) bond motifs is 3.